The summed E-state index contributed by atoms with van der Waals surface area (Å²) in [5.41, 5.74) is 0.682. The van der Waals surface area contributed by atoms with Gasteiger partial charge in [0.2, 0.25) is 0 Å². The van der Waals surface area contributed by atoms with Gasteiger partial charge in [0.15, 0.2) is 5.65 Å². The Morgan fingerprint density at radius 3 is 2.67 bits per heavy atom. The molecule has 7 heteroatoms. The first-order chi connectivity index (χ1) is 11.7. The highest BCUT2D eigenvalue weighted by Gasteiger charge is 2.37. The number of ether oxygens (including phenoxy) is 2. The summed E-state index contributed by atoms with van der Waals surface area (Å²) in [7, 11) is 0. The number of hydrogen-bond acceptors (Lipinski definition) is 6. The van der Waals surface area contributed by atoms with Crippen molar-refractivity contribution in [2.24, 2.45) is 0 Å². The molecule has 0 spiro atoms. The molecule has 5 rings (SSSR count). The fourth-order valence-electron chi connectivity index (χ4n) is 4.16. The first-order valence-electron chi connectivity index (χ1n) is 8.77. The summed E-state index contributed by atoms with van der Waals surface area (Å²) in [5.74, 6) is 0.915. The molecule has 0 aromatic carbocycles. The van der Waals surface area contributed by atoms with Gasteiger partial charge >= 0.3 is 0 Å². The van der Waals surface area contributed by atoms with Crippen molar-refractivity contribution in [2.75, 3.05) is 31.2 Å². The minimum Gasteiger partial charge on any atom is -0.383 e. The zero-order valence-electron chi connectivity index (χ0n) is 13.6. The fraction of sp³-hybridized carbons (Fsp3) is 0.647. The number of aliphatic hydroxyl groups is 1. The summed E-state index contributed by atoms with van der Waals surface area (Å²) in [6.45, 7) is 2.88. The number of rotatable bonds is 2. The maximum Gasteiger partial charge on any atom is 0.157 e. The molecule has 0 radical (unpaired) electrons. The maximum atomic E-state index is 11.2. The number of anilines is 1. The standard InChI is InChI=1S/C17H22N4O3/c22-17(4-7-23-8-5-17)14-9-16(19-15-3-6-18-21(14)15)20-10-12-1-2-13(11-20)24-12/h3,6,9,12-13,22H,1-2,4-5,7-8,10-11H2/t12-,13+. The lowest BCUT2D eigenvalue weighted by Crippen LogP contribution is -2.43. The van der Waals surface area contributed by atoms with E-state index in [0.717, 1.165) is 43.1 Å². The monoisotopic (exact) mass is 330 g/mol. The molecule has 3 aliphatic heterocycles. The number of fused-ring (bicyclic) bond motifs is 3. The summed E-state index contributed by atoms with van der Waals surface area (Å²) < 4.78 is 13.1. The number of aromatic nitrogens is 3. The van der Waals surface area contributed by atoms with Crippen molar-refractivity contribution in [3.63, 3.8) is 0 Å². The van der Waals surface area contributed by atoms with Crippen LogP contribution in [0.15, 0.2) is 18.3 Å². The van der Waals surface area contributed by atoms with Crippen molar-refractivity contribution >= 4 is 11.5 Å². The van der Waals surface area contributed by atoms with Crippen LogP contribution in [0, 0.1) is 0 Å². The third-order valence-corrected chi connectivity index (χ3v) is 5.51. The van der Waals surface area contributed by atoms with Gasteiger partial charge in [0, 0.05) is 51.3 Å². The van der Waals surface area contributed by atoms with Gasteiger partial charge in [0.1, 0.15) is 11.4 Å². The van der Waals surface area contributed by atoms with Gasteiger partial charge in [0.25, 0.3) is 0 Å². The van der Waals surface area contributed by atoms with Crippen molar-refractivity contribution in [1.29, 1.82) is 0 Å². The SMILES string of the molecule is OC1(c2cc(N3C[C@H]4CC[C@@H](C3)O4)nc3ccnn23)CCOCC1. The lowest BCUT2D eigenvalue weighted by Gasteiger charge is -2.35. The second kappa shape index (κ2) is 5.40. The fourth-order valence-corrected chi connectivity index (χ4v) is 4.16. The molecule has 2 bridgehead atoms. The molecule has 2 aromatic rings. The molecule has 24 heavy (non-hydrogen) atoms. The highest BCUT2D eigenvalue weighted by atomic mass is 16.5. The minimum atomic E-state index is -0.911. The molecule has 128 valence electrons. The van der Waals surface area contributed by atoms with Crippen LogP contribution in [0.2, 0.25) is 0 Å². The van der Waals surface area contributed by atoms with E-state index in [-0.39, 0.29) is 0 Å². The molecule has 0 unspecified atom stereocenters. The minimum absolute atomic E-state index is 0.307. The van der Waals surface area contributed by atoms with E-state index in [9.17, 15) is 5.11 Å². The zero-order chi connectivity index (χ0) is 16.1. The Balaban J connectivity index is 1.58. The van der Waals surface area contributed by atoms with Gasteiger partial charge < -0.3 is 19.5 Å². The molecule has 0 saturated carbocycles. The normalized spacial score (nSPS) is 29.3. The van der Waals surface area contributed by atoms with Gasteiger partial charge in [-0.15, -0.1) is 0 Å². The lowest BCUT2D eigenvalue weighted by atomic mass is 9.90. The largest absolute Gasteiger partial charge is 0.383 e. The first kappa shape index (κ1) is 14.6. The van der Waals surface area contributed by atoms with Gasteiger partial charge in [-0.3, -0.25) is 0 Å². The van der Waals surface area contributed by atoms with E-state index in [1.54, 1.807) is 10.7 Å². The quantitative estimate of drug-likeness (QED) is 0.889. The Morgan fingerprint density at radius 1 is 1.17 bits per heavy atom. The summed E-state index contributed by atoms with van der Waals surface area (Å²) in [6.07, 6.45) is 5.78. The number of morpholine rings is 1. The smallest absolute Gasteiger partial charge is 0.157 e. The Hall–Kier alpha value is -1.70. The van der Waals surface area contributed by atoms with E-state index in [1.807, 2.05) is 12.1 Å². The molecule has 2 atom stereocenters. The van der Waals surface area contributed by atoms with E-state index < -0.39 is 5.60 Å². The molecule has 7 nitrogen and oxygen atoms in total. The lowest BCUT2D eigenvalue weighted by molar-refractivity contribution is -0.0717. The summed E-state index contributed by atoms with van der Waals surface area (Å²) in [6, 6.07) is 3.90. The van der Waals surface area contributed by atoms with E-state index in [0.29, 0.717) is 38.3 Å². The van der Waals surface area contributed by atoms with Crippen molar-refractivity contribution in [3.8, 4) is 0 Å². The van der Waals surface area contributed by atoms with E-state index in [1.165, 1.54) is 0 Å². The molecule has 3 saturated heterocycles. The molecular weight excluding hydrogens is 308 g/mol. The van der Waals surface area contributed by atoms with Crippen molar-refractivity contribution in [1.82, 2.24) is 14.6 Å². The van der Waals surface area contributed by atoms with Crippen LogP contribution < -0.4 is 4.90 Å². The summed E-state index contributed by atoms with van der Waals surface area (Å²) in [5, 5.41) is 15.6. The highest BCUT2D eigenvalue weighted by molar-refractivity contribution is 5.51. The van der Waals surface area contributed by atoms with Crippen LogP contribution in [-0.2, 0) is 15.1 Å². The van der Waals surface area contributed by atoms with Gasteiger partial charge in [-0.2, -0.15) is 5.10 Å². The predicted octanol–water partition coefficient (Wildman–Crippen LogP) is 1.09. The Kier molecular flexibility index (Phi) is 3.29. The average molecular weight is 330 g/mol. The molecule has 3 aliphatic rings. The summed E-state index contributed by atoms with van der Waals surface area (Å²) >= 11 is 0. The topological polar surface area (TPSA) is 72.1 Å². The molecule has 1 N–H and O–H groups in total. The molecule has 0 aliphatic carbocycles. The molecule has 3 fully saturated rings. The van der Waals surface area contributed by atoms with Gasteiger partial charge in [-0.25, -0.2) is 9.50 Å². The van der Waals surface area contributed by atoms with Crippen LogP contribution in [0.3, 0.4) is 0 Å². The molecule has 2 aromatic heterocycles. The molecule has 5 heterocycles. The molecular formula is C17H22N4O3. The van der Waals surface area contributed by atoms with E-state index >= 15 is 0 Å². The van der Waals surface area contributed by atoms with Crippen LogP contribution in [0.5, 0.6) is 0 Å². The van der Waals surface area contributed by atoms with Crippen LogP contribution in [-0.4, -0.2) is 58.2 Å². The zero-order valence-corrected chi connectivity index (χ0v) is 13.6. The Morgan fingerprint density at radius 2 is 1.92 bits per heavy atom. The second-order valence-electron chi connectivity index (χ2n) is 7.11. The van der Waals surface area contributed by atoms with Gasteiger partial charge in [-0.05, 0) is 12.8 Å². The highest BCUT2D eigenvalue weighted by Crippen LogP contribution is 2.35. The number of hydrogen-bond donors (Lipinski definition) is 1. The Labute approximate surface area is 140 Å². The first-order valence-corrected chi connectivity index (χ1v) is 8.77. The average Bonchev–Trinajstić information content (AvgIpc) is 3.20. The van der Waals surface area contributed by atoms with E-state index in [2.05, 4.69) is 10.00 Å². The Bertz CT molecular complexity index is 743. The third-order valence-electron chi connectivity index (χ3n) is 5.51. The number of nitrogens with zero attached hydrogens (tertiary/aromatic N) is 4. The van der Waals surface area contributed by atoms with Crippen LogP contribution in [0.25, 0.3) is 5.65 Å². The van der Waals surface area contributed by atoms with Gasteiger partial charge in [-0.1, -0.05) is 0 Å². The van der Waals surface area contributed by atoms with E-state index in [4.69, 9.17) is 14.5 Å². The van der Waals surface area contributed by atoms with Crippen molar-refractivity contribution in [2.45, 2.75) is 43.5 Å². The van der Waals surface area contributed by atoms with Crippen LogP contribution >= 0.6 is 0 Å². The van der Waals surface area contributed by atoms with Crippen molar-refractivity contribution < 1.29 is 14.6 Å². The second-order valence-corrected chi connectivity index (χ2v) is 7.11. The van der Waals surface area contributed by atoms with Crippen LogP contribution in [0.4, 0.5) is 5.82 Å². The van der Waals surface area contributed by atoms with Crippen molar-refractivity contribution in [3.05, 3.63) is 24.0 Å². The van der Waals surface area contributed by atoms with Crippen LogP contribution in [0.1, 0.15) is 31.4 Å². The maximum absolute atomic E-state index is 11.2. The third kappa shape index (κ3) is 2.30. The summed E-state index contributed by atoms with van der Waals surface area (Å²) in [4.78, 5) is 7.07. The van der Waals surface area contributed by atoms with Gasteiger partial charge in [0.05, 0.1) is 24.1 Å². The predicted molar refractivity (Wildman–Crippen MR) is 87.0 cm³/mol. The molecule has 0 amide bonds.